The van der Waals surface area contributed by atoms with Crippen LogP contribution in [0.2, 0.25) is 5.15 Å². The van der Waals surface area contributed by atoms with E-state index in [1.54, 1.807) is 37.6 Å². The molecule has 8 nitrogen and oxygen atoms in total. The lowest BCUT2D eigenvalue weighted by atomic mass is 10.0. The van der Waals surface area contributed by atoms with Gasteiger partial charge in [0.15, 0.2) is 5.69 Å². The lowest BCUT2D eigenvalue weighted by Crippen LogP contribution is -2.22. The molecule has 0 aliphatic rings. The number of fused-ring (bicyclic) bond motifs is 1. The predicted octanol–water partition coefficient (Wildman–Crippen LogP) is 4.22. The van der Waals surface area contributed by atoms with Gasteiger partial charge in [0.05, 0.1) is 22.6 Å². The van der Waals surface area contributed by atoms with Crippen molar-refractivity contribution in [3.8, 4) is 11.4 Å². The Hall–Kier alpha value is -3.78. The van der Waals surface area contributed by atoms with Gasteiger partial charge in [-0.1, -0.05) is 17.7 Å². The van der Waals surface area contributed by atoms with Crippen molar-refractivity contribution in [2.75, 3.05) is 5.32 Å². The molecule has 1 aromatic carbocycles. The summed E-state index contributed by atoms with van der Waals surface area (Å²) in [5, 5.41) is 13.3. The number of nitrogens with zero attached hydrogens (tertiary/aromatic N) is 4. The zero-order chi connectivity index (χ0) is 23.0. The van der Waals surface area contributed by atoms with Crippen LogP contribution in [0.15, 0.2) is 53.6 Å². The summed E-state index contributed by atoms with van der Waals surface area (Å²) in [4.78, 5) is 37.6. The number of anilines is 1. The highest BCUT2D eigenvalue weighted by Gasteiger charge is 2.20. The van der Waals surface area contributed by atoms with E-state index in [1.807, 2.05) is 26.0 Å². The predicted molar refractivity (Wildman–Crippen MR) is 123 cm³/mol. The van der Waals surface area contributed by atoms with Gasteiger partial charge in [-0.15, -0.1) is 0 Å². The number of rotatable bonds is 5. The Morgan fingerprint density at radius 2 is 1.88 bits per heavy atom. The second-order valence-electron chi connectivity index (χ2n) is 7.49. The van der Waals surface area contributed by atoms with Crippen molar-refractivity contribution in [3.63, 3.8) is 0 Å². The van der Waals surface area contributed by atoms with Crippen LogP contribution in [-0.4, -0.2) is 30.6 Å². The van der Waals surface area contributed by atoms with Crippen molar-refractivity contribution in [3.05, 3.63) is 81.1 Å². The molecule has 0 saturated carbocycles. The normalized spacial score (nSPS) is 12.0. The molecule has 162 valence electrons. The number of nitrogens with one attached hydrogen (secondary N) is 1. The second-order valence-corrected chi connectivity index (χ2v) is 7.87. The quantitative estimate of drug-likeness (QED) is 0.439. The SMILES string of the molecule is Cc1cc(C(C)Nc2ccc(Cl)nc2C(=O)O)c2nc(-c3ccncc3)n(C)c(=O)c2c1. The van der Waals surface area contributed by atoms with E-state index in [4.69, 9.17) is 16.6 Å². The Morgan fingerprint density at radius 1 is 1.16 bits per heavy atom. The number of aromatic carboxylic acids is 1. The first-order valence-corrected chi connectivity index (χ1v) is 10.2. The van der Waals surface area contributed by atoms with Crippen molar-refractivity contribution in [2.45, 2.75) is 19.9 Å². The molecule has 32 heavy (non-hydrogen) atoms. The molecule has 0 aliphatic heterocycles. The van der Waals surface area contributed by atoms with Crippen molar-refractivity contribution >= 4 is 34.2 Å². The van der Waals surface area contributed by atoms with Gasteiger partial charge in [0.1, 0.15) is 11.0 Å². The number of halogens is 1. The minimum absolute atomic E-state index is 0.0914. The van der Waals surface area contributed by atoms with E-state index >= 15 is 0 Å². The Labute approximate surface area is 188 Å². The summed E-state index contributed by atoms with van der Waals surface area (Å²) in [6, 6.07) is 10.1. The van der Waals surface area contributed by atoms with Crippen LogP contribution in [0.4, 0.5) is 5.69 Å². The van der Waals surface area contributed by atoms with Crippen LogP contribution < -0.4 is 10.9 Å². The lowest BCUT2D eigenvalue weighted by molar-refractivity contribution is 0.0691. The molecule has 0 bridgehead atoms. The zero-order valence-corrected chi connectivity index (χ0v) is 18.4. The first-order chi connectivity index (χ1) is 15.3. The minimum atomic E-state index is -1.19. The van der Waals surface area contributed by atoms with E-state index in [2.05, 4.69) is 15.3 Å². The van der Waals surface area contributed by atoms with E-state index in [-0.39, 0.29) is 22.4 Å². The van der Waals surface area contributed by atoms with Gasteiger partial charge in [0, 0.05) is 30.6 Å². The summed E-state index contributed by atoms with van der Waals surface area (Å²) in [5.74, 6) is -0.676. The van der Waals surface area contributed by atoms with E-state index in [0.29, 0.717) is 22.4 Å². The largest absolute Gasteiger partial charge is 0.476 e. The van der Waals surface area contributed by atoms with Crippen LogP contribution in [0.5, 0.6) is 0 Å². The molecule has 2 N–H and O–H groups in total. The van der Waals surface area contributed by atoms with Crippen molar-refractivity contribution in [2.24, 2.45) is 7.05 Å². The zero-order valence-electron chi connectivity index (χ0n) is 17.6. The maximum absolute atomic E-state index is 13.2. The third-order valence-electron chi connectivity index (χ3n) is 5.20. The fourth-order valence-electron chi connectivity index (χ4n) is 3.67. The molecule has 3 heterocycles. The Bertz CT molecular complexity index is 1400. The highest BCUT2D eigenvalue weighted by atomic mass is 35.5. The lowest BCUT2D eigenvalue weighted by Gasteiger charge is -2.20. The third kappa shape index (κ3) is 3.92. The highest BCUT2D eigenvalue weighted by Crippen LogP contribution is 2.29. The standard InChI is InChI=1S/C23H20ClN5O3/c1-12-10-15(13(2)26-17-4-5-18(24)27-20(17)23(31)32)19-16(11-12)22(30)29(3)21(28-19)14-6-8-25-9-7-14/h4-11,13,26H,1-3H3,(H,31,32). The molecule has 3 aromatic heterocycles. The van der Waals surface area contributed by atoms with Crippen LogP contribution in [0.25, 0.3) is 22.3 Å². The number of aromatic nitrogens is 4. The number of aryl methyl sites for hydroxylation is 1. The number of carboxylic acid groups (broad SMARTS) is 1. The van der Waals surface area contributed by atoms with Crippen molar-refractivity contribution in [1.82, 2.24) is 19.5 Å². The highest BCUT2D eigenvalue weighted by molar-refractivity contribution is 6.29. The summed E-state index contributed by atoms with van der Waals surface area (Å²) >= 11 is 5.87. The maximum atomic E-state index is 13.2. The monoisotopic (exact) mass is 449 g/mol. The topological polar surface area (TPSA) is 110 Å². The van der Waals surface area contributed by atoms with Crippen LogP contribution in [0, 0.1) is 6.92 Å². The molecule has 4 rings (SSSR count). The van der Waals surface area contributed by atoms with E-state index in [9.17, 15) is 14.7 Å². The van der Waals surface area contributed by atoms with Gasteiger partial charge in [-0.25, -0.2) is 14.8 Å². The average Bonchev–Trinajstić information content (AvgIpc) is 2.77. The first kappa shape index (κ1) is 21.5. The molecule has 0 radical (unpaired) electrons. The molecule has 0 saturated heterocycles. The number of hydrogen-bond donors (Lipinski definition) is 2. The fourth-order valence-corrected chi connectivity index (χ4v) is 3.82. The van der Waals surface area contributed by atoms with Crippen molar-refractivity contribution in [1.29, 1.82) is 0 Å². The molecule has 0 aliphatic carbocycles. The van der Waals surface area contributed by atoms with Gasteiger partial charge in [0.25, 0.3) is 5.56 Å². The smallest absolute Gasteiger partial charge is 0.356 e. The summed E-state index contributed by atoms with van der Waals surface area (Å²) in [7, 11) is 1.69. The third-order valence-corrected chi connectivity index (χ3v) is 5.41. The van der Waals surface area contributed by atoms with Gasteiger partial charge in [-0.3, -0.25) is 14.3 Å². The maximum Gasteiger partial charge on any atom is 0.356 e. The van der Waals surface area contributed by atoms with Crippen LogP contribution in [0.3, 0.4) is 0 Å². The van der Waals surface area contributed by atoms with Gasteiger partial charge < -0.3 is 10.4 Å². The number of pyridine rings is 2. The van der Waals surface area contributed by atoms with Gasteiger partial charge in [-0.05, 0) is 49.7 Å². The molecule has 4 aromatic rings. The van der Waals surface area contributed by atoms with E-state index in [0.717, 1.165) is 16.7 Å². The Balaban J connectivity index is 1.88. The number of benzene rings is 1. The molecule has 1 atom stereocenters. The second kappa shape index (κ2) is 8.39. The molecule has 0 fully saturated rings. The van der Waals surface area contributed by atoms with Gasteiger partial charge in [-0.2, -0.15) is 0 Å². The van der Waals surface area contributed by atoms with E-state index < -0.39 is 5.97 Å². The van der Waals surface area contributed by atoms with Crippen LogP contribution >= 0.6 is 11.6 Å². The summed E-state index contributed by atoms with van der Waals surface area (Å²) in [5.41, 5.74) is 2.94. The van der Waals surface area contributed by atoms with E-state index in [1.165, 1.54) is 10.6 Å². The first-order valence-electron chi connectivity index (χ1n) is 9.84. The fraction of sp³-hybridized carbons (Fsp3) is 0.174. The summed E-state index contributed by atoms with van der Waals surface area (Å²) in [6.45, 7) is 3.78. The molecular weight excluding hydrogens is 430 g/mol. The number of carboxylic acids is 1. The average molecular weight is 450 g/mol. The van der Waals surface area contributed by atoms with Gasteiger partial charge in [0.2, 0.25) is 0 Å². The van der Waals surface area contributed by atoms with Crippen LogP contribution in [-0.2, 0) is 7.05 Å². The molecule has 0 spiro atoms. The van der Waals surface area contributed by atoms with Crippen molar-refractivity contribution < 1.29 is 9.90 Å². The van der Waals surface area contributed by atoms with Gasteiger partial charge >= 0.3 is 5.97 Å². The molecule has 1 unspecified atom stereocenters. The Morgan fingerprint density at radius 3 is 2.56 bits per heavy atom. The Kier molecular flexibility index (Phi) is 5.63. The summed E-state index contributed by atoms with van der Waals surface area (Å²) in [6.07, 6.45) is 3.29. The minimum Gasteiger partial charge on any atom is -0.476 e. The number of carbonyl (C=O) groups is 1. The summed E-state index contributed by atoms with van der Waals surface area (Å²) < 4.78 is 1.52. The number of hydrogen-bond acceptors (Lipinski definition) is 6. The molecule has 9 heteroatoms. The van der Waals surface area contributed by atoms with Crippen LogP contribution in [0.1, 0.15) is 34.6 Å². The molecule has 0 amide bonds. The molecular formula is C23H20ClN5O3.